The molecule has 4 nitrogen and oxygen atoms in total. The first-order valence-electron chi connectivity index (χ1n) is 9.08. The van der Waals surface area contributed by atoms with E-state index in [0.717, 1.165) is 50.5 Å². The van der Waals surface area contributed by atoms with E-state index >= 15 is 0 Å². The number of nitrogens with zero attached hydrogens (tertiary/aromatic N) is 1. The van der Waals surface area contributed by atoms with Crippen molar-refractivity contribution in [3.8, 4) is 0 Å². The molecule has 2 fully saturated rings. The number of piperidine rings is 1. The van der Waals surface area contributed by atoms with Crippen molar-refractivity contribution in [2.24, 2.45) is 0 Å². The number of rotatable bonds is 5. The number of carbonyl (C=O) groups is 1. The van der Waals surface area contributed by atoms with Crippen molar-refractivity contribution < 1.29 is 4.79 Å². The highest BCUT2D eigenvalue weighted by atomic mass is 32.2. The standard InChI is InChI=1S/C19H29N3OS/c1-15-4-2-3-5-16(15)13-22-9-6-17(7-10-22)21-19(23)12-18-14-24-11-8-20-18/h2-5,17-18,20H,6-14H2,1H3,(H,21,23). The van der Waals surface area contributed by atoms with E-state index in [1.807, 2.05) is 11.8 Å². The molecule has 0 radical (unpaired) electrons. The molecule has 1 atom stereocenters. The Bertz CT molecular complexity index is 537. The van der Waals surface area contributed by atoms with Crippen LogP contribution in [0.25, 0.3) is 0 Å². The normalized spacial score (nSPS) is 23.1. The Labute approximate surface area is 149 Å². The minimum atomic E-state index is 0.215. The predicted molar refractivity (Wildman–Crippen MR) is 101 cm³/mol. The van der Waals surface area contributed by atoms with Gasteiger partial charge in [0.2, 0.25) is 5.91 Å². The molecular formula is C19H29N3OS. The molecule has 2 N–H and O–H groups in total. The maximum absolute atomic E-state index is 12.2. The van der Waals surface area contributed by atoms with Gasteiger partial charge in [-0.3, -0.25) is 9.69 Å². The molecule has 0 aromatic heterocycles. The molecule has 5 heteroatoms. The van der Waals surface area contributed by atoms with E-state index in [4.69, 9.17) is 0 Å². The Morgan fingerprint density at radius 3 is 2.83 bits per heavy atom. The summed E-state index contributed by atoms with van der Waals surface area (Å²) in [6.07, 6.45) is 2.74. The van der Waals surface area contributed by atoms with Crippen molar-refractivity contribution in [3.63, 3.8) is 0 Å². The van der Waals surface area contributed by atoms with E-state index in [-0.39, 0.29) is 5.91 Å². The van der Waals surface area contributed by atoms with Gasteiger partial charge in [-0.25, -0.2) is 0 Å². The second-order valence-electron chi connectivity index (χ2n) is 6.97. The van der Waals surface area contributed by atoms with Crippen LogP contribution in [0.15, 0.2) is 24.3 Å². The van der Waals surface area contributed by atoms with Crippen LogP contribution in [0.1, 0.15) is 30.4 Å². The highest BCUT2D eigenvalue weighted by Gasteiger charge is 2.23. The molecule has 0 spiro atoms. The fourth-order valence-electron chi connectivity index (χ4n) is 3.53. The minimum Gasteiger partial charge on any atom is -0.353 e. The van der Waals surface area contributed by atoms with Gasteiger partial charge in [-0.2, -0.15) is 11.8 Å². The Hall–Kier alpha value is -1.04. The number of amides is 1. The molecule has 132 valence electrons. The van der Waals surface area contributed by atoms with Gasteiger partial charge in [0.1, 0.15) is 0 Å². The molecule has 2 aliphatic heterocycles. The second-order valence-corrected chi connectivity index (χ2v) is 8.12. The highest BCUT2D eigenvalue weighted by molar-refractivity contribution is 7.99. The van der Waals surface area contributed by atoms with Gasteiger partial charge >= 0.3 is 0 Å². The van der Waals surface area contributed by atoms with Crippen LogP contribution in [0.2, 0.25) is 0 Å². The molecule has 1 unspecified atom stereocenters. The maximum atomic E-state index is 12.2. The molecule has 1 aromatic rings. The Morgan fingerprint density at radius 1 is 1.33 bits per heavy atom. The van der Waals surface area contributed by atoms with Crippen molar-refractivity contribution >= 4 is 17.7 Å². The topological polar surface area (TPSA) is 44.4 Å². The van der Waals surface area contributed by atoms with E-state index in [1.165, 1.54) is 11.1 Å². The first-order chi connectivity index (χ1) is 11.7. The average Bonchev–Trinajstić information content (AvgIpc) is 2.59. The van der Waals surface area contributed by atoms with E-state index in [9.17, 15) is 4.79 Å². The second kappa shape index (κ2) is 8.88. The molecule has 2 heterocycles. The van der Waals surface area contributed by atoms with Crippen LogP contribution in [0.3, 0.4) is 0 Å². The summed E-state index contributed by atoms with van der Waals surface area (Å²) in [5, 5.41) is 6.68. The van der Waals surface area contributed by atoms with Crippen LogP contribution in [-0.2, 0) is 11.3 Å². The zero-order chi connectivity index (χ0) is 16.8. The van der Waals surface area contributed by atoms with Crippen molar-refractivity contribution in [1.29, 1.82) is 0 Å². The number of nitrogens with one attached hydrogen (secondary N) is 2. The number of thioether (sulfide) groups is 1. The van der Waals surface area contributed by atoms with Crippen molar-refractivity contribution in [2.75, 3.05) is 31.1 Å². The van der Waals surface area contributed by atoms with Crippen LogP contribution < -0.4 is 10.6 Å². The molecular weight excluding hydrogens is 318 g/mol. The largest absolute Gasteiger partial charge is 0.353 e. The lowest BCUT2D eigenvalue weighted by atomic mass is 10.0. The van der Waals surface area contributed by atoms with Gasteiger partial charge in [0.15, 0.2) is 0 Å². The van der Waals surface area contributed by atoms with Crippen molar-refractivity contribution in [3.05, 3.63) is 35.4 Å². The van der Waals surface area contributed by atoms with Crippen LogP contribution >= 0.6 is 11.8 Å². The quantitative estimate of drug-likeness (QED) is 0.857. The number of carbonyl (C=O) groups excluding carboxylic acids is 1. The lowest BCUT2D eigenvalue weighted by Gasteiger charge is -2.33. The fourth-order valence-corrected chi connectivity index (χ4v) is 4.47. The number of likely N-dealkylation sites (tertiary alicyclic amines) is 1. The van der Waals surface area contributed by atoms with Crippen LogP contribution in [0.4, 0.5) is 0 Å². The van der Waals surface area contributed by atoms with Crippen molar-refractivity contribution in [2.45, 2.75) is 44.8 Å². The third kappa shape index (κ3) is 5.23. The van der Waals surface area contributed by atoms with Crippen LogP contribution in [0.5, 0.6) is 0 Å². The SMILES string of the molecule is Cc1ccccc1CN1CCC(NC(=O)CC2CSCCN2)CC1. The number of benzene rings is 1. The molecule has 0 saturated carbocycles. The minimum absolute atomic E-state index is 0.215. The smallest absolute Gasteiger partial charge is 0.221 e. The van der Waals surface area contributed by atoms with Gasteiger partial charge < -0.3 is 10.6 Å². The van der Waals surface area contributed by atoms with Crippen LogP contribution in [-0.4, -0.2) is 54.0 Å². The van der Waals surface area contributed by atoms with Gasteiger partial charge in [-0.1, -0.05) is 24.3 Å². The van der Waals surface area contributed by atoms with Crippen LogP contribution in [0, 0.1) is 6.92 Å². The van der Waals surface area contributed by atoms with Gasteiger partial charge in [0, 0.05) is 56.2 Å². The van der Waals surface area contributed by atoms with E-state index in [2.05, 4.69) is 46.7 Å². The molecule has 1 amide bonds. The van der Waals surface area contributed by atoms with Gasteiger partial charge in [-0.15, -0.1) is 0 Å². The third-order valence-electron chi connectivity index (χ3n) is 5.04. The molecule has 3 rings (SSSR count). The lowest BCUT2D eigenvalue weighted by Crippen LogP contribution is -2.47. The Balaban J connectivity index is 1.38. The number of aryl methyl sites for hydroxylation is 1. The zero-order valence-corrected chi connectivity index (χ0v) is 15.4. The maximum Gasteiger partial charge on any atom is 0.221 e. The first kappa shape index (κ1) is 17.8. The summed E-state index contributed by atoms with van der Waals surface area (Å²) in [7, 11) is 0. The predicted octanol–water partition coefficient (Wildman–Crippen LogP) is 2.17. The molecule has 24 heavy (non-hydrogen) atoms. The average molecular weight is 348 g/mol. The number of hydrogen-bond acceptors (Lipinski definition) is 4. The summed E-state index contributed by atoms with van der Waals surface area (Å²) in [6, 6.07) is 9.32. The monoisotopic (exact) mass is 347 g/mol. The van der Waals surface area contributed by atoms with Gasteiger partial charge in [0.25, 0.3) is 0 Å². The Morgan fingerprint density at radius 2 is 2.12 bits per heavy atom. The molecule has 2 aliphatic rings. The van der Waals surface area contributed by atoms with Gasteiger partial charge in [0.05, 0.1) is 0 Å². The van der Waals surface area contributed by atoms with E-state index in [0.29, 0.717) is 18.5 Å². The third-order valence-corrected chi connectivity index (χ3v) is 6.17. The zero-order valence-electron chi connectivity index (χ0n) is 14.6. The van der Waals surface area contributed by atoms with E-state index in [1.54, 1.807) is 0 Å². The molecule has 1 aromatic carbocycles. The Kier molecular flexibility index (Phi) is 6.58. The summed E-state index contributed by atoms with van der Waals surface area (Å²) in [5.74, 6) is 2.44. The summed E-state index contributed by atoms with van der Waals surface area (Å²) >= 11 is 1.94. The summed E-state index contributed by atoms with van der Waals surface area (Å²) in [6.45, 7) is 6.37. The van der Waals surface area contributed by atoms with Crippen molar-refractivity contribution in [1.82, 2.24) is 15.5 Å². The first-order valence-corrected chi connectivity index (χ1v) is 10.2. The molecule has 0 aliphatic carbocycles. The van der Waals surface area contributed by atoms with E-state index < -0.39 is 0 Å². The molecule has 0 bridgehead atoms. The summed E-state index contributed by atoms with van der Waals surface area (Å²) in [4.78, 5) is 14.7. The van der Waals surface area contributed by atoms with Gasteiger partial charge in [-0.05, 0) is 30.9 Å². The molecule has 2 saturated heterocycles. The number of hydrogen-bond donors (Lipinski definition) is 2. The highest BCUT2D eigenvalue weighted by Crippen LogP contribution is 2.16. The summed E-state index contributed by atoms with van der Waals surface area (Å²) in [5.41, 5.74) is 2.78. The summed E-state index contributed by atoms with van der Waals surface area (Å²) < 4.78 is 0. The fraction of sp³-hybridized carbons (Fsp3) is 0.632. The lowest BCUT2D eigenvalue weighted by molar-refractivity contribution is -0.122.